The van der Waals surface area contributed by atoms with Crippen molar-refractivity contribution >= 4 is 5.91 Å². The Hall–Kier alpha value is -1.49. The molecule has 0 aromatic carbocycles. The largest absolute Gasteiger partial charge is 0.338 e. The molecule has 3 atom stereocenters. The molecule has 5 heteroatoms. The fourth-order valence-electron chi connectivity index (χ4n) is 3.19. The smallest absolute Gasteiger partial charge is 0.256 e. The minimum Gasteiger partial charge on any atom is -0.338 e. The van der Waals surface area contributed by atoms with Crippen LogP contribution in [0.15, 0.2) is 18.5 Å². The van der Waals surface area contributed by atoms with Crippen molar-refractivity contribution in [1.29, 1.82) is 0 Å². The highest BCUT2D eigenvalue weighted by molar-refractivity contribution is 5.94. The van der Waals surface area contributed by atoms with Gasteiger partial charge in [-0.2, -0.15) is 0 Å². The molecule has 1 aliphatic carbocycles. The van der Waals surface area contributed by atoms with E-state index in [-0.39, 0.29) is 17.5 Å². The second kappa shape index (κ2) is 4.31. The molecule has 0 bridgehead atoms. The minimum atomic E-state index is -0.552. The van der Waals surface area contributed by atoms with Crippen LogP contribution in [0.2, 0.25) is 0 Å². The molecule has 1 aromatic rings. The van der Waals surface area contributed by atoms with Gasteiger partial charge >= 0.3 is 0 Å². The number of hydrogen-bond donors (Lipinski definition) is 1. The zero-order valence-electron chi connectivity index (χ0n) is 10.1. The zero-order chi connectivity index (χ0) is 12.7. The first kappa shape index (κ1) is 11.6. The molecule has 1 saturated carbocycles. The van der Waals surface area contributed by atoms with Crippen LogP contribution in [-0.2, 0) is 0 Å². The van der Waals surface area contributed by atoms with Crippen LogP contribution in [-0.4, -0.2) is 34.9 Å². The Kier molecular flexibility index (Phi) is 2.78. The molecule has 18 heavy (non-hydrogen) atoms. The number of nitrogens with two attached hydrogens (primary N) is 1. The SMILES string of the molecule is NC1CCC2CN(C(=O)c3ccncc3F)CC12. The molecule has 3 unspecified atom stereocenters. The average Bonchev–Trinajstić information content (AvgIpc) is 2.92. The Bertz CT molecular complexity index is 479. The molecule has 1 aromatic heterocycles. The van der Waals surface area contributed by atoms with Crippen molar-refractivity contribution in [2.45, 2.75) is 18.9 Å². The van der Waals surface area contributed by atoms with E-state index >= 15 is 0 Å². The summed E-state index contributed by atoms with van der Waals surface area (Å²) in [5.41, 5.74) is 6.14. The Balaban J connectivity index is 1.78. The molecule has 3 rings (SSSR count). The van der Waals surface area contributed by atoms with Gasteiger partial charge in [-0.3, -0.25) is 9.78 Å². The molecule has 2 aliphatic rings. The predicted molar refractivity (Wildman–Crippen MR) is 64.3 cm³/mol. The number of pyridine rings is 1. The summed E-state index contributed by atoms with van der Waals surface area (Å²) in [4.78, 5) is 17.6. The highest BCUT2D eigenvalue weighted by atomic mass is 19.1. The van der Waals surface area contributed by atoms with E-state index in [1.54, 1.807) is 4.90 Å². The van der Waals surface area contributed by atoms with Gasteiger partial charge < -0.3 is 10.6 Å². The van der Waals surface area contributed by atoms with E-state index in [2.05, 4.69) is 4.98 Å². The second-order valence-electron chi connectivity index (χ2n) is 5.23. The van der Waals surface area contributed by atoms with Crippen LogP contribution in [0.4, 0.5) is 4.39 Å². The van der Waals surface area contributed by atoms with Gasteiger partial charge in [-0.25, -0.2) is 4.39 Å². The van der Waals surface area contributed by atoms with E-state index in [1.807, 2.05) is 0 Å². The summed E-state index contributed by atoms with van der Waals surface area (Å²) in [5.74, 6) is 0.0908. The summed E-state index contributed by atoms with van der Waals surface area (Å²) >= 11 is 0. The summed E-state index contributed by atoms with van der Waals surface area (Å²) in [7, 11) is 0. The molecule has 0 spiro atoms. The maximum atomic E-state index is 13.5. The highest BCUT2D eigenvalue weighted by Crippen LogP contribution is 2.37. The number of likely N-dealkylation sites (tertiary alicyclic amines) is 1. The average molecular weight is 249 g/mol. The van der Waals surface area contributed by atoms with E-state index in [0.717, 1.165) is 19.0 Å². The van der Waals surface area contributed by atoms with Gasteiger partial charge in [0.15, 0.2) is 5.82 Å². The standard InChI is InChI=1S/C13H16FN3O/c14-11-5-16-4-3-9(11)13(18)17-6-8-1-2-12(15)10(8)7-17/h3-5,8,10,12H,1-2,6-7,15H2. The van der Waals surface area contributed by atoms with Crippen LogP contribution >= 0.6 is 0 Å². The van der Waals surface area contributed by atoms with Crippen molar-refractivity contribution in [3.63, 3.8) is 0 Å². The number of hydrogen-bond acceptors (Lipinski definition) is 3. The first-order chi connectivity index (χ1) is 8.66. The van der Waals surface area contributed by atoms with E-state index in [4.69, 9.17) is 5.73 Å². The van der Waals surface area contributed by atoms with Crippen molar-refractivity contribution in [2.24, 2.45) is 17.6 Å². The Morgan fingerprint density at radius 1 is 1.44 bits per heavy atom. The lowest BCUT2D eigenvalue weighted by molar-refractivity contribution is 0.0774. The molecular weight excluding hydrogens is 233 g/mol. The lowest BCUT2D eigenvalue weighted by atomic mass is 9.98. The molecule has 1 saturated heterocycles. The first-order valence-corrected chi connectivity index (χ1v) is 6.31. The van der Waals surface area contributed by atoms with Gasteiger partial charge in [0.25, 0.3) is 5.91 Å². The van der Waals surface area contributed by atoms with Crippen LogP contribution < -0.4 is 5.73 Å². The van der Waals surface area contributed by atoms with Crippen molar-refractivity contribution in [3.8, 4) is 0 Å². The van der Waals surface area contributed by atoms with Crippen molar-refractivity contribution in [2.75, 3.05) is 13.1 Å². The summed E-state index contributed by atoms with van der Waals surface area (Å²) in [6.07, 6.45) is 4.64. The van der Waals surface area contributed by atoms with Gasteiger partial charge in [0.05, 0.1) is 11.8 Å². The minimum absolute atomic E-state index is 0.110. The number of carbonyl (C=O) groups excluding carboxylic acids is 1. The summed E-state index contributed by atoms with van der Waals surface area (Å²) in [5, 5.41) is 0. The predicted octanol–water partition coefficient (Wildman–Crippen LogP) is 1.03. The van der Waals surface area contributed by atoms with Crippen LogP contribution in [0.25, 0.3) is 0 Å². The maximum Gasteiger partial charge on any atom is 0.256 e. The first-order valence-electron chi connectivity index (χ1n) is 6.31. The van der Waals surface area contributed by atoms with E-state index in [0.29, 0.717) is 24.9 Å². The molecule has 2 heterocycles. The topological polar surface area (TPSA) is 59.2 Å². The normalized spacial score (nSPS) is 30.6. The molecule has 2 fully saturated rings. The van der Waals surface area contributed by atoms with Crippen LogP contribution in [0, 0.1) is 17.7 Å². The fourth-order valence-corrected chi connectivity index (χ4v) is 3.19. The quantitative estimate of drug-likeness (QED) is 0.808. The maximum absolute atomic E-state index is 13.5. The highest BCUT2D eigenvalue weighted by Gasteiger charge is 2.42. The Labute approximate surface area is 105 Å². The molecule has 0 radical (unpaired) electrons. The monoisotopic (exact) mass is 249 g/mol. The van der Waals surface area contributed by atoms with Gasteiger partial charge in [-0.15, -0.1) is 0 Å². The van der Waals surface area contributed by atoms with Crippen LogP contribution in [0.5, 0.6) is 0 Å². The van der Waals surface area contributed by atoms with E-state index in [9.17, 15) is 9.18 Å². The molecule has 96 valence electrons. The number of halogens is 1. The molecule has 1 amide bonds. The summed E-state index contributed by atoms with van der Waals surface area (Å²) in [6, 6.07) is 1.63. The van der Waals surface area contributed by atoms with E-state index in [1.165, 1.54) is 12.3 Å². The van der Waals surface area contributed by atoms with Crippen LogP contribution in [0.1, 0.15) is 23.2 Å². The Morgan fingerprint density at radius 2 is 2.28 bits per heavy atom. The summed E-state index contributed by atoms with van der Waals surface area (Å²) in [6.45, 7) is 1.37. The number of nitrogens with zero attached hydrogens (tertiary/aromatic N) is 2. The number of rotatable bonds is 1. The van der Waals surface area contributed by atoms with Gasteiger partial charge in [-0.1, -0.05) is 0 Å². The van der Waals surface area contributed by atoms with Gasteiger partial charge in [0.2, 0.25) is 0 Å². The van der Waals surface area contributed by atoms with Crippen molar-refractivity contribution in [3.05, 3.63) is 29.8 Å². The number of aromatic nitrogens is 1. The number of fused-ring (bicyclic) bond motifs is 1. The lowest BCUT2D eigenvalue weighted by Crippen LogP contribution is -2.33. The fraction of sp³-hybridized carbons (Fsp3) is 0.538. The van der Waals surface area contributed by atoms with Crippen molar-refractivity contribution < 1.29 is 9.18 Å². The molecule has 4 nitrogen and oxygen atoms in total. The number of carbonyl (C=O) groups is 1. The third-order valence-corrected chi connectivity index (χ3v) is 4.20. The van der Waals surface area contributed by atoms with Gasteiger partial charge in [0, 0.05) is 25.3 Å². The Morgan fingerprint density at radius 3 is 3.00 bits per heavy atom. The summed E-state index contributed by atoms with van der Waals surface area (Å²) < 4.78 is 13.5. The van der Waals surface area contributed by atoms with Crippen LogP contribution in [0.3, 0.4) is 0 Å². The second-order valence-corrected chi connectivity index (χ2v) is 5.23. The molecule has 1 aliphatic heterocycles. The zero-order valence-corrected chi connectivity index (χ0v) is 10.1. The van der Waals surface area contributed by atoms with Gasteiger partial charge in [0.1, 0.15) is 0 Å². The third kappa shape index (κ3) is 1.79. The van der Waals surface area contributed by atoms with Crippen molar-refractivity contribution in [1.82, 2.24) is 9.88 Å². The molecule has 2 N–H and O–H groups in total. The van der Waals surface area contributed by atoms with E-state index < -0.39 is 5.82 Å². The molecular formula is C13H16FN3O. The third-order valence-electron chi connectivity index (χ3n) is 4.20. The lowest BCUT2D eigenvalue weighted by Gasteiger charge is -2.18. The number of amides is 1. The van der Waals surface area contributed by atoms with Gasteiger partial charge in [-0.05, 0) is 30.7 Å².